The smallest absolute Gasteiger partial charge is 0.309 e. The molecular formula is C41H44Cl2N6O9. The fourth-order valence-corrected chi connectivity index (χ4v) is 5.73. The van der Waals surface area contributed by atoms with Gasteiger partial charge in [-0.25, -0.2) is 15.5 Å². The molecule has 0 radical (unpaired) electrons. The Bertz CT molecular complexity index is 2180. The molecule has 0 aliphatic rings. The largest absolute Gasteiger partial charge is 0.508 e. The molecule has 58 heavy (non-hydrogen) atoms. The number of aliphatic carboxylic acids is 1. The van der Waals surface area contributed by atoms with Crippen LogP contribution in [0.2, 0.25) is 10.0 Å². The highest BCUT2D eigenvalue weighted by atomic mass is 35.5. The van der Waals surface area contributed by atoms with Gasteiger partial charge in [-0.3, -0.25) is 35.5 Å². The van der Waals surface area contributed by atoms with Crippen LogP contribution in [0.25, 0.3) is 9.69 Å². The van der Waals surface area contributed by atoms with Crippen LogP contribution in [0.3, 0.4) is 0 Å². The number of phenolic OH excluding ortho intramolecular Hbond substituents is 1. The maximum absolute atomic E-state index is 12.5. The minimum absolute atomic E-state index is 0.0731. The number of aliphatic hydroxyl groups is 3. The number of rotatable bonds is 11. The lowest BCUT2D eigenvalue weighted by molar-refractivity contribution is -0.145. The zero-order valence-electron chi connectivity index (χ0n) is 32.0. The number of hydrogen-bond donors (Lipinski definition) is 9. The minimum atomic E-state index is -1.05. The summed E-state index contributed by atoms with van der Waals surface area (Å²) >= 11 is 12.2. The molecule has 4 atom stereocenters. The first kappa shape index (κ1) is 48.1. The molecule has 0 spiro atoms. The second-order valence-corrected chi connectivity index (χ2v) is 13.6. The number of carbonyl (C=O) groups excluding carboxylic acids is 3. The van der Waals surface area contributed by atoms with Gasteiger partial charge in [-0.2, -0.15) is 0 Å². The van der Waals surface area contributed by atoms with Crippen LogP contribution in [0.4, 0.5) is 11.4 Å². The average molecular weight is 836 g/mol. The van der Waals surface area contributed by atoms with Gasteiger partial charge >= 0.3 is 5.97 Å². The minimum Gasteiger partial charge on any atom is -0.508 e. The van der Waals surface area contributed by atoms with Crippen LogP contribution in [0.5, 0.6) is 5.75 Å². The Labute approximate surface area is 345 Å². The Balaban J connectivity index is 0.000000330. The van der Waals surface area contributed by atoms with Gasteiger partial charge in [0, 0.05) is 11.1 Å². The van der Waals surface area contributed by atoms with Crippen molar-refractivity contribution >= 4 is 58.3 Å². The molecule has 0 aliphatic carbocycles. The summed E-state index contributed by atoms with van der Waals surface area (Å²) in [5.41, 5.74) is 11.4. The van der Waals surface area contributed by atoms with E-state index in [0.29, 0.717) is 43.7 Å². The third-order valence-corrected chi connectivity index (χ3v) is 9.76. The second-order valence-electron chi connectivity index (χ2n) is 12.9. The number of benzene rings is 4. The molecule has 3 amide bonds. The maximum atomic E-state index is 12.5. The molecule has 0 heterocycles. The SMILES string of the molecule is NNC(=O)c1cccc(CO)c1.[C-]#[N+]c1ccc(C[C@@H](C(=O)NNC(=O)c2cccc(O)c2)[C@H](C)O)c(C)c1Cl.[C-]#[N+]c1ccc(C[C@@H](C(=O)O)[C@H](C)O)c(C)c1Cl. The van der Waals surface area contributed by atoms with Crippen molar-refractivity contribution in [1.29, 1.82) is 0 Å². The Hall–Kier alpha value is -6.04. The van der Waals surface area contributed by atoms with Crippen LogP contribution in [0, 0.1) is 38.8 Å². The number of carboxylic acids is 1. The summed E-state index contributed by atoms with van der Waals surface area (Å²) in [5.74, 6) is 0.554. The van der Waals surface area contributed by atoms with Crippen LogP contribution in [-0.4, -0.2) is 61.4 Å². The lowest BCUT2D eigenvalue weighted by atomic mass is 9.91. The Kier molecular flexibility index (Phi) is 19.3. The van der Waals surface area contributed by atoms with Gasteiger partial charge in [-0.1, -0.05) is 65.7 Å². The molecule has 15 nitrogen and oxygen atoms in total. The molecule has 0 saturated carbocycles. The molecule has 4 rings (SSSR count). The van der Waals surface area contributed by atoms with Crippen molar-refractivity contribution < 1.29 is 44.7 Å². The molecule has 0 saturated heterocycles. The number of nitrogens with one attached hydrogen (secondary N) is 3. The average Bonchev–Trinajstić information content (AvgIpc) is 3.20. The number of nitrogens with two attached hydrogens (primary N) is 1. The van der Waals surface area contributed by atoms with Crippen molar-refractivity contribution in [3.05, 3.63) is 145 Å². The Morgan fingerprint density at radius 3 is 1.66 bits per heavy atom. The first-order valence-corrected chi connectivity index (χ1v) is 18.2. The van der Waals surface area contributed by atoms with E-state index in [2.05, 4.69) is 20.5 Å². The van der Waals surface area contributed by atoms with Crippen molar-refractivity contribution in [3.63, 3.8) is 0 Å². The van der Waals surface area contributed by atoms with Gasteiger partial charge in [0.25, 0.3) is 11.8 Å². The van der Waals surface area contributed by atoms with Crippen molar-refractivity contribution in [1.82, 2.24) is 16.3 Å². The van der Waals surface area contributed by atoms with E-state index in [4.69, 9.17) is 52.4 Å². The topological polar surface area (TPSA) is 240 Å². The summed E-state index contributed by atoms with van der Waals surface area (Å²) in [6.45, 7) is 20.4. The van der Waals surface area contributed by atoms with Crippen molar-refractivity contribution in [2.24, 2.45) is 17.7 Å². The molecule has 306 valence electrons. The van der Waals surface area contributed by atoms with Gasteiger partial charge < -0.3 is 25.5 Å². The number of nitrogens with zero attached hydrogens (tertiary/aromatic N) is 2. The third-order valence-electron chi connectivity index (χ3n) is 8.81. The fourth-order valence-electron chi connectivity index (χ4n) is 5.28. The van der Waals surface area contributed by atoms with E-state index in [1.807, 2.05) is 5.43 Å². The number of nitrogen functional groups attached to an aromatic ring is 1. The van der Waals surface area contributed by atoms with Gasteiger partial charge in [0.1, 0.15) is 5.75 Å². The molecule has 17 heteroatoms. The third kappa shape index (κ3) is 13.9. The highest BCUT2D eigenvalue weighted by molar-refractivity contribution is 6.34. The zero-order valence-corrected chi connectivity index (χ0v) is 33.5. The van der Waals surface area contributed by atoms with E-state index in [-0.39, 0.29) is 36.7 Å². The zero-order chi connectivity index (χ0) is 43.7. The van der Waals surface area contributed by atoms with Crippen molar-refractivity contribution in [2.75, 3.05) is 0 Å². The number of phenols is 1. The summed E-state index contributed by atoms with van der Waals surface area (Å²) in [6.07, 6.45) is -1.57. The summed E-state index contributed by atoms with van der Waals surface area (Å²) in [5, 5.41) is 47.3. The van der Waals surface area contributed by atoms with Crippen LogP contribution in [-0.2, 0) is 29.0 Å². The van der Waals surface area contributed by atoms with E-state index < -0.39 is 41.8 Å². The van der Waals surface area contributed by atoms with E-state index >= 15 is 0 Å². The van der Waals surface area contributed by atoms with Crippen LogP contribution >= 0.6 is 23.2 Å². The van der Waals surface area contributed by atoms with Crippen LogP contribution in [0.15, 0.2) is 72.8 Å². The predicted octanol–water partition coefficient (Wildman–Crippen LogP) is 5.51. The number of hydrazine groups is 2. The molecule has 10 N–H and O–H groups in total. The highest BCUT2D eigenvalue weighted by Crippen LogP contribution is 2.33. The molecule has 0 fully saturated rings. The monoisotopic (exact) mass is 834 g/mol. The lowest BCUT2D eigenvalue weighted by Crippen LogP contribution is -2.47. The maximum Gasteiger partial charge on any atom is 0.309 e. The van der Waals surface area contributed by atoms with Gasteiger partial charge in [-0.05, 0) is 98.7 Å². The lowest BCUT2D eigenvalue weighted by Gasteiger charge is -2.21. The van der Waals surface area contributed by atoms with E-state index in [1.54, 1.807) is 62.4 Å². The summed E-state index contributed by atoms with van der Waals surface area (Å²) in [7, 11) is 0. The number of amides is 3. The number of aromatic hydroxyl groups is 1. The molecule has 0 unspecified atom stereocenters. The van der Waals surface area contributed by atoms with Gasteiger partial charge in [0.05, 0.1) is 53.8 Å². The fraction of sp³-hybridized carbons (Fsp3) is 0.268. The molecule has 0 aliphatic heterocycles. The van der Waals surface area contributed by atoms with Gasteiger partial charge in [-0.15, -0.1) is 0 Å². The first-order valence-electron chi connectivity index (χ1n) is 17.4. The van der Waals surface area contributed by atoms with Crippen molar-refractivity contribution in [2.45, 2.75) is 59.4 Å². The molecule has 0 aromatic heterocycles. The van der Waals surface area contributed by atoms with E-state index in [9.17, 15) is 34.5 Å². The van der Waals surface area contributed by atoms with E-state index in [0.717, 1.165) is 11.1 Å². The Morgan fingerprint density at radius 1 is 0.741 bits per heavy atom. The van der Waals surface area contributed by atoms with E-state index in [1.165, 1.54) is 38.1 Å². The molecule has 4 aromatic rings. The second kappa shape index (κ2) is 23.3. The summed E-state index contributed by atoms with van der Waals surface area (Å²) in [4.78, 5) is 53.2. The van der Waals surface area contributed by atoms with Crippen LogP contribution in [0.1, 0.15) is 62.4 Å². The van der Waals surface area contributed by atoms with Gasteiger partial charge in [0.15, 0.2) is 0 Å². The van der Waals surface area contributed by atoms with Crippen molar-refractivity contribution in [3.8, 4) is 5.75 Å². The standard InChI is InChI=1S/C20H20ClN3O4.C13H14ClNO3.C8H10N2O2/c1-11-13(7-8-17(22-3)18(11)21)10-16(12(2)25)20(28)24-23-19(27)14-5-4-6-15(26)9-14;1-7-9(4-5-11(15-3)12(7)14)6-10(8(2)16)13(17)18;9-10-8(12)7-3-1-2-6(4-7)5-11/h4-9,12,16,25-26H,10H2,1-2H3,(H,23,27)(H,24,28);4-5,8,10,16H,6H2,1-2H3,(H,17,18);1-4,11H,5,9H2,(H,10,12)/t12-,16+;8-,10+;/m00./s1. The number of aliphatic hydroxyl groups excluding tert-OH is 3. The predicted molar refractivity (Wildman–Crippen MR) is 218 cm³/mol. The first-order chi connectivity index (χ1) is 27.4. The molecular weight excluding hydrogens is 791 g/mol. The van der Waals surface area contributed by atoms with Gasteiger partial charge in [0.2, 0.25) is 17.3 Å². The molecule has 4 aromatic carbocycles. The summed E-state index contributed by atoms with van der Waals surface area (Å²) in [6, 6.07) is 18.8. The molecule has 0 bridgehead atoms. The highest BCUT2D eigenvalue weighted by Gasteiger charge is 2.27. The summed E-state index contributed by atoms with van der Waals surface area (Å²) < 4.78 is 0. The number of halogens is 2. The number of carboxylic acid groups (broad SMARTS) is 1. The normalized spacial score (nSPS) is 12.3. The number of carbonyl (C=O) groups is 4. The number of hydrogen-bond acceptors (Lipinski definition) is 9. The van der Waals surface area contributed by atoms with Crippen LogP contribution < -0.4 is 22.1 Å². The quantitative estimate of drug-likeness (QED) is 0.0397. The Morgan fingerprint density at radius 2 is 1.22 bits per heavy atom.